The van der Waals surface area contributed by atoms with Crippen molar-refractivity contribution in [2.24, 2.45) is 5.92 Å². The Balaban J connectivity index is 2.02. The van der Waals surface area contributed by atoms with Crippen LogP contribution in [0.1, 0.15) is 37.8 Å². The van der Waals surface area contributed by atoms with Crippen LogP contribution in [-0.2, 0) is 32.3 Å². The second-order valence-electron chi connectivity index (χ2n) is 6.90. The van der Waals surface area contributed by atoms with Crippen LogP contribution >= 0.6 is 0 Å². The molecule has 0 aliphatic heterocycles. The fourth-order valence-electron chi connectivity index (χ4n) is 2.90. The van der Waals surface area contributed by atoms with Gasteiger partial charge < -0.3 is 14.3 Å². The highest BCUT2D eigenvalue weighted by atomic mass is 19.1. The number of carbonyl (C=O) groups is 2. The maximum Gasteiger partial charge on any atom is 0.161 e. The zero-order valence-electron chi connectivity index (χ0n) is 16.3. The number of ketones is 2. The van der Waals surface area contributed by atoms with Gasteiger partial charge in [-0.1, -0.05) is 60.7 Å². The van der Waals surface area contributed by atoms with Crippen molar-refractivity contribution < 1.29 is 23.5 Å². The van der Waals surface area contributed by atoms with Crippen LogP contribution in [0.4, 0.5) is 4.39 Å². The smallest absolute Gasteiger partial charge is 0.161 e. The normalized spacial score (nSPS) is 13.3. The summed E-state index contributed by atoms with van der Waals surface area (Å²) in [6.07, 6.45) is -2.57. The van der Waals surface area contributed by atoms with Gasteiger partial charge in [0, 0.05) is 12.8 Å². The molecule has 0 aromatic heterocycles. The molecule has 2 rings (SSSR count). The first-order valence-electron chi connectivity index (χ1n) is 9.40. The molecule has 2 aromatic carbocycles. The minimum absolute atomic E-state index is 0.111. The van der Waals surface area contributed by atoms with Gasteiger partial charge in [-0.3, -0.25) is 4.79 Å². The molecule has 0 saturated heterocycles. The van der Waals surface area contributed by atoms with Crippen molar-refractivity contribution in [3.8, 4) is 0 Å². The molecule has 0 aliphatic rings. The molecule has 150 valence electrons. The monoisotopic (exact) mass is 386 g/mol. The topological polar surface area (TPSA) is 52.6 Å². The van der Waals surface area contributed by atoms with E-state index in [1.165, 1.54) is 13.8 Å². The van der Waals surface area contributed by atoms with E-state index in [-0.39, 0.29) is 37.6 Å². The summed E-state index contributed by atoms with van der Waals surface area (Å²) in [5, 5.41) is 0. The van der Waals surface area contributed by atoms with Crippen molar-refractivity contribution in [1.82, 2.24) is 0 Å². The molecule has 0 amide bonds. The summed E-state index contributed by atoms with van der Waals surface area (Å²) in [6.45, 7) is 3.21. The van der Waals surface area contributed by atoms with E-state index >= 15 is 0 Å². The third-order valence-electron chi connectivity index (χ3n) is 4.44. The van der Waals surface area contributed by atoms with Crippen LogP contribution in [0.3, 0.4) is 0 Å². The molecule has 0 saturated carbocycles. The Morgan fingerprint density at radius 1 is 0.857 bits per heavy atom. The highest BCUT2D eigenvalue weighted by molar-refractivity contribution is 5.85. The van der Waals surface area contributed by atoms with Crippen LogP contribution in [0.2, 0.25) is 0 Å². The summed E-state index contributed by atoms with van der Waals surface area (Å²) in [4.78, 5) is 23.2. The van der Waals surface area contributed by atoms with Gasteiger partial charge in [0.05, 0.1) is 19.1 Å². The first kappa shape index (κ1) is 21.9. The highest BCUT2D eigenvalue weighted by Gasteiger charge is 2.30. The lowest BCUT2D eigenvalue weighted by atomic mass is 9.92. The third kappa shape index (κ3) is 7.71. The maximum atomic E-state index is 14.8. The number of benzene rings is 2. The Morgan fingerprint density at radius 2 is 1.32 bits per heavy atom. The molecule has 0 unspecified atom stereocenters. The quantitative estimate of drug-likeness (QED) is 0.498. The number of Topliss-reactive ketones (excluding diaryl/α,β-unsaturated/α-hetero) is 2. The molecule has 28 heavy (non-hydrogen) atoms. The number of halogens is 1. The molecule has 2 atom stereocenters. The molecule has 0 bridgehead atoms. The summed E-state index contributed by atoms with van der Waals surface area (Å²) in [5.41, 5.74) is 1.89. The van der Waals surface area contributed by atoms with Gasteiger partial charge in [0.15, 0.2) is 6.29 Å². The second kappa shape index (κ2) is 11.5. The van der Waals surface area contributed by atoms with Crippen molar-refractivity contribution >= 4 is 11.6 Å². The first-order chi connectivity index (χ1) is 13.5. The number of carbonyl (C=O) groups excluding carboxylic acids is 2. The Bertz CT molecular complexity index is 689. The molecule has 0 heterocycles. The van der Waals surface area contributed by atoms with Crippen molar-refractivity contribution in [2.45, 2.75) is 52.4 Å². The number of ether oxygens (including phenoxy) is 2. The molecule has 0 fully saturated rings. The van der Waals surface area contributed by atoms with Gasteiger partial charge in [-0.25, -0.2) is 4.39 Å². The van der Waals surface area contributed by atoms with Gasteiger partial charge in [-0.15, -0.1) is 0 Å². The largest absolute Gasteiger partial charge is 0.348 e. The molecule has 0 radical (unpaired) electrons. The second-order valence-corrected chi connectivity index (χ2v) is 6.90. The Labute approximate surface area is 165 Å². The van der Waals surface area contributed by atoms with Crippen LogP contribution in [0.5, 0.6) is 0 Å². The molecular weight excluding hydrogens is 359 g/mol. The van der Waals surface area contributed by atoms with Crippen molar-refractivity contribution in [3.05, 3.63) is 71.8 Å². The molecule has 5 heteroatoms. The van der Waals surface area contributed by atoms with Crippen molar-refractivity contribution in [1.29, 1.82) is 0 Å². The standard InChI is InChI=1S/C23H27FO4/c1-17(25)13-21(18(2)26)22(24)14-23(27-15-19-9-5-3-6-10-19)28-16-20-11-7-4-8-12-20/h3-12,21-23H,13-16H2,1-2H3/t21-,22+/m1/s1. The van der Waals surface area contributed by atoms with Gasteiger partial charge in [-0.2, -0.15) is 0 Å². The van der Waals surface area contributed by atoms with Gasteiger partial charge in [0.2, 0.25) is 0 Å². The van der Waals surface area contributed by atoms with Crippen LogP contribution in [0.15, 0.2) is 60.7 Å². The van der Waals surface area contributed by atoms with E-state index in [1.54, 1.807) is 0 Å². The zero-order valence-corrected chi connectivity index (χ0v) is 16.3. The van der Waals surface area contributed by atoms with Crippen molar-refractivity contribution in [3.63, 3.8) is 0 Å². The van der Waals surface area contributed by atoms with Gasteiger partial charge >= 0.3 is 0 Å². The van der Waals surface area contributed by atoms with Crippen LogP contribution < -0.4 is 0 Å². The predicted molar refractivity (Wildman–Crippen MR) is 105 cm³/mol. The average Bonchev–Trinajstić information content (AvgIpc) is 2.69. The van der Waals surface area contributed by atoms with Gasteiger partial charge in [-0.05, 0) is 25.0 Å². The van der Waals surface area contributed by atoms with E-state index in [0.29, 0.717) is 0 Å². The summed E-state index contributed by atoms with van der Waals surface area (Å²) in [6, 6.07) is 19.1. The van der Waals surface area contributed by atoms with E-state index < -0.39 is 18.4 Å². The van der Waals surface area contributed by atoms with E-state index in [9.17, 15) is 14.0 Å². The van der Waals surface area contributed by atoms with Crippen LogP contribution in [0, 0.1) is 5.92 Å². The van der Waals surface area contributed by atoms with E-state index in [1.807, 2.05) is 60.7 Å². The van der Waals surface area contributed by atoms with E-state index in [2.05, 4.69) is 0 Å². The molecule has 0 spiro atoms. The molecule has 2 aromatic rings. The Kier molecular flexibility index (Phi) is 8.98. The predicted octanol–water partition coefficient (Wildman–Crippen LogP) is 4.66. The zero-order chi connectivity index (χ0) is 20.4. The lowest BCUT2D eigenvalue weighted by Crippen LogP contribution is -2.31. The highest BCUT2D eigenvalue weighted by Crippen LogP contribution is 2.22. The Morgan fingerprint density at radius 3 is 1.71 bits per heavy atom. The fourth-order valence-corrected chi connectivity index (χ4v) is 2.90. The van der Waals surface area contributed by atoms with E-state index in [0.717, 1.165) is 11.1 Å². The van der Waals surface area contributed by atoms with Crippen LogP contribution in [0.25, 0.3) is 0 Å². The summed E-state index contributed by atoms with van der Waals surface area (Å²) in [7, 11) is 0. The minimum atomic E-state index is -1.52. The van der Waals surface area contributed by atoms with E-state index in [4.69, 9.17) is 9.47 Å². The molecule has 4 nitrogen and oxygen atoms in total. The lowest BCUT2D eigenvalue weighted by Gasteiger charge is -2.24. The molecular formula is C23H27FO4. The SMILES string of the molecule is CC(=O)C[C@H](C(C)=O)[C@@H](F)CC(OCc1ccccc1)OCc1ccccc1. The first-order valence-corrected chi connectivity index (χ1v) is 9.40. The Hall–Kier alpha value is -2.37. The average molecular weight is 386 g/mol. The van der Waals surface area contributed by atoms with Gasteiger partial charge in [0.25, 0.3) is 0 Å². The number of rotatable bonds is 12. The summed E-state index contributed by atoms with van der Waals surface area (Å²) < 4.78 is 26.4. The molecule has 0 aliphatic carbocycles. The van der Waals surface area contributed by atoms with Crippen LogP contribution in [-0.4, -0.2) is 24.0 Å². The maximum absolute atomic E-state index is 14.8. The van der Waals surface area contributed by atoms with Crippen molar-refractivity contribution in [2.75, 3.05) is 0 Å². The summed E-state index contributed by atoms with van der Waals surface area (Å²) in [5.74, 6) is -1.52. The third-order valence-corrected chi connectivity index (χ3v) is 4.44. The number of hydrogen-bond acceptors (Lipinski definition) is 4. The lowest BCUT2D eigenvalue weighted by molar-refractivity contribution is -0.170. The fraction of sp³-hybridized carbons (Fsp3) is 0.391. The summed E-state index contributed by atoms with van der Waals surface area (Å²) >= 11 is 0. The molecule has 0 N–H and O–H groups in total. The number of hydrogen-bond donors (Lipinski definition) is 0. The minimum Gasteiger partial charge on any atom is -0.348 e. The number of alkyl halides is 1. The van der Waals surface area contributed by atoms with Gasteiger partial charge in [0.1, 0.15) is 17.7 Å².